The molecule has 0 atom stereocenters. The van der Waals surface area contributed by atoms with Crippen molar-refractivity contribution in [3.05, 3.63) is 30.9 Å². The van der Waals surface area contributed by atoms with E-state index in [0.29, 0.717) is 18.5 Å². The first kappa shape index (κ1) is 12.0. The SMILES string of the molecule is C/C=C/COc1nc(NC)nc(-n2ccnc2)n1. The van der Waals surface area contributed by atoms with Crippen molar-refractivity contribution < 1.29 is 4.74 Å². The highest BCUT2D eigenvalue weighted by Crippen LogP contribution is 2.10. The van der Waals surface area contributed by atoms with Crippen LogP contribution in [0.4, 0.5) is 5.95 Å². The highest BCUT2D eigenvalue weighted by Gasteiger charge is 2.07. The van der Waals surface area contributed by atoms with Gasteiger partial charge in [0.2, 0.25) is 11.9 Å². The number of nitrogens with zero attached hydrogens (tertiary/aromatic N) is 5. The third-order valence-electron chi connectivity index (χ3n) is 2.11. The minimum Gasteiger partial charge on any atom is -0.459 e. The molecule has 0 aliphatic carbocycles. The van der Waals surface area contributed by atoms with Crippen molar-refractivity contribution >= 4 is 5.95 Å². The van der Waals surface area contributed by atoms with Gasteiger partial charge in [-0.25, -0.2) is 4.98 Å². The monoisotopic (exact) mass is 246 g/mol. The fraction of sp³-hybridized carbons (Fsp3) is 0.273. The average Bonchev–Trinajstić information content (AvgIpc) is 2.92. The Morgan fingerprint density at radius 2 is 2.28 bits per heavy atom. The lowest BCUT2D eigenvalue weighted by atomic mass is 10.6. The zero-order valence-corrected chi connectivity index (χ0v) is 10.2. The number of anilines is 1. The predicted molar refractivity (Wildman–Crippen MR) is 66.8 cm³/mol. The highest BCUT2D eigenvalue weighted by molar-refractivity contribution is 5.29. The van der Waals surface area contributed by atoms with Gasteiger partial charge in [0.25, 0.3) is 0 Å². The average molecular weight is 246 g/mol. The summed E-state index contributed by atoms with van der Waals surface area (Å²) in [6, 6.07) is 0.274. The predicted octanol–water partition coefficient (Wildman–Crippen LogP) is 1.05. The molecule has 0 radical (unpaired) electrons. The first-order chi connectivity index (χ1) is 8.83. The van der Waals surface area contributed by atoms with Gasteiger partial charge in [0.05, 0.1) is 0 Å². The minimum atomic E-state index is 0.274. The molecule has 0 saturated carbocycles. The maximum Gasteiger partial charge on any atom is 0.323 e. The second-order valence-electron chi connectivity index (χ2n) is 3.34. The second-order valence-corrected chi connectivity index (χ2v) is 3.34. The summed E-state index contributed by atoms with van der Waals surface area (Å²) in [4.78, 5) is 16.5. The van der Waals surface area contributed by atoms with Gasteiger partial charge in [-0.1, -0.05) is 12.2 Å². The second kappa shape index (κ2) is 5.76. The fourth-order valence-electron chi connectivity index (χ4n) is 1.23. The Balaban J connectivity index is 2.27. The number of hydrogen-bond acceptors (Lipinski definition) is 6. The number of nitrogens with one attached hydrogen (secondary N) is 1. The zero-order valence-electron chi connectivity index (χ0n) is 10.2. The molecule has 7 heteroatoms. The Bertz CT molecular complexity index is 522. The topological polar surface area (TPSA) is 77.8 Å². The van der Waals surface area contributed by atoms with E-state index in [2.05, 4.69) is 25.3 Å². The molecule has 2 aromatic heterocycles. The molecule has 0 amide bonds. The van der Waals surface area contributed by atoms with Crippen LogP contribution in [0.15, 0.2) is 30.9 Å². The first-order valence-electron chi connectivity index (χ1n) is 5.49. The molecule has 18 heavy (non-hydrogen) atoms. The van der Waals surface area contributed by atoms with Gasteiger partial charge in [0.15, 0.2) is 0 Å². The van der Waals surface area contributed by atoms with Crippen LogP contribution in [0.5, 0.6) is 6.01 Å². The van der Waals surface area contributed by atoms with Crippen molar-refractivity contribution in [1.82, 2.24) is 24.5 Å². The molecule has 2 rings (SSSR count). The standard InChI is InChI=1S/C11H14N6O/c1-3-4-7-18-11-15-9(12-2)14-10(16-11)17-6-5-13-8-17/h3-6,8H,7H2,1-2H3,(H,12,14,15,16)/b4-3+. The molecule has 0 aromatic carbocycles. The number of aromatic nitrogens is 5. The van der Waals surface area contributed by atoms with E-state index >= 15 is 0 Å². The van der Waals surface area contributed by atoms with Crippen molar-refractivity contribution in [2.75, 3.05) is 19.0 Å². The van der Waals surface area contributed by atoms with Gasteiger partial charge in [0, 0.05) is 19.4 Å². The molecular weight excluding hydrogens is 232 g/mol. The van der Waals surface area contributed by atoms with Gasteiger partial charge in [-0.3, -0.25) is 4.57 Å². The van der Waals surface area contributed by atoms with Crippen LogP contribution in [0.2, 0.25) is 0 Å². The number of ether oxygens (including phenoxy) is 1. The van der Waals surface area contributed by atoms with E-state index in [1.54, 1.807) is 30.3 Å². The first-order valence-corrected chi connectivity index (χ1v) is 5.49. The fourth-order valence-corrected chi connectivity index (χ4v) is 1.23. The lowest BCUT2D eigenvalue weighted by molar-refractivity contribution is 0.331. The number of rotatable bonds is 5. The van der Waals surface area contributed by atoms with Gasteiger partial charge >= 0.3 is 6.01 Å². The molecule has 1 N–H and O–H groups in total. The summed E-state index contributed by atoms with van der Waals surface area (Å²) in [7, 11) is 1.74. The Kier molecular flexibility index (Phi) is 3.85. The molecule has 0 aliphatic rings. The summed E-state index contributed by atoms with van der Waals surface area (Å²) in [5.41, 5.74) is 0. The molecule has 7 nitrogen and oxygen atoms in total. The summed E-state index contributed by atoms with van der Waals surface area (Å²) in [5.74, 6) is 0.909. The van der Waals surface area contributed by atoms with Crippen LogP contribution in [-0.2, 0) is 0 Å². The van der Waals surface area contributed by atoms with Crippen molar-refractivity contribution in [1.29, 1.82) is 0 Å². The van der Waals surface area contributed by atoms with E-state index in [4.69, 9.17) is 4.74 Å². The Morgan fingerprint density at radius 1 is 1.39 bits per heavy atom. The summed E-state index contributed by atoms with van der Waals surface area (Å²) < 4.78 is 7.09. The summed E-state index contributed by atoms with van der Waals surface area (Å²) >= 11 is 0. The van der Waals surface area contributed by atoms with E-state index in [-0.39, 0.29) is 6.01 Å². The van der Waals surface area contributed by atoms with Crippen molar-refractivity contribution in [2.45, 2.75) is 6.92 Å². The third kappa shape index (κ3) is 2.82. The van der Waals surface area contributed by atoms with E-state index < -0.39 is 0 Å². The smallest absolute Gasteiger partial charge is 0.323 e. The Labute approximate surface area is 105 Å². The molecule has 0 spiro atoms. The van der Waals surface area contributed by atoms with Crippen LogP contribution in [0.3, 0.4) is 0 Å². The van der Waals surface area contributed by atoms with Crippen LogP contribution in [0.1, 0.15) is 6.92 Å². The molecule has 0 unspecified atom stereocenters. The number of imidazole rings is 1. The maximum absolute atomic E-state index is 5.40. The molecule has 0 fully saturated rings. The quantitative estimate of drug-likeness (QED) is 0.795. The minimum absolute atomic E-state index is 0.274. The molecule has 94 valence electrons. The van der Waals surface area contributed by atoms with Crippen LogP contribution in [0, 0.1) is 0 Å². The highest BCUT2D eigenvalue weighted by atomic mass is 16.5. The summed E-state index contributed by atoms with van der Waals surface area (Å²) in [6.45, 7) is 2.35. The maximum atomic E-state index is 5.40. The molecular formula is C11H14N6O. The normalized spacial score (nSPS) is 10.8. The Hall–Kier alpha value is -2.44. The van der Waals surface area contributed by atoms with Crippen LogP contribution in [-0.4, -0.2) is 38.2 Å². The summed E-state index contributed by atoms with van der Waals surface area (Å²) in [5, 5.41) is 2.87. The van der Waals surface area contributed by atoms with Crippen LogP contribution >= 0.6 is 0 Å². The molecule has 0 aliphatic heterocycles. The number of hydrogen-bond donors (Lipinski definition) is 1. The van der Waals surface area contributed by atoms with E-state index in [1.165, 1.54) is 0 Å². The van der Waals surface area contributed by atoms with Gasteiger partial charge in [-0.2, -0.15) is 15.0 Å². The summed E-state index contributed by atoms with van der Waals surface area (Å²) in [6.07, 6.45) is 8.80. The third-order valence-corrected chi connectivity index (χ3v) is 2.11. The van der Waals surface area contributed by atoms with E-state index in [0.717, 1.165) is 0 Å². The van der Waals surface area contributed by atoms with Crippen molar-refractivity contribution in [2.24, 2.45) is 0 Å². The van der Waals surface area contributed by atoms with Gasteiger partial charge in [-0.15, -0.1) is 0 Å². The lowest BCUT2D eigenvalue weighted by Crippen LogP contribution is -2.08. The van der Waals surface area contributed by atoms with Gasteiger partial charge in [0.1, 0.15) is 12.9 Å². The molecule has 2 aromatic rings. The lowest BCUT2D eigenvalue weighted by Gasteiger charge is -2.06. The largest absolute Gasteiger partial charge is 0.459 e. The van der Waals surface area contributed by atoms with Crippen LogP contribution in [0.25, 0.3) is 5.95 Å². The van der Waals surface area contributed by atoms with Crippen LogP contribution < -0.4 is 10.1 Å². The zero-order chi connectivity index (χ0) is 12.8. The molecule has 0 saturated heterocycles. The van der Waals surface area contributed by atoms with Crippen molar-refractivity contribution in [3.63, 3.8) is 0 Å². The van der Waals surface area contributed by atoms with E-state index in [9.17, 15) is 0 Å². The number of allylic oxidation sites excluding steroid dienone is 1. The molecule has 0 bridgehead atoms. The molecule has 2 heterocycles. The van der Waals surface area contributed by atoms with Crippen molar-refractivity contribution in [3.8, 4) is 12.0 Å². The van der Waals surface area contributed by atoms with E-state index in [1.807, 2.05) is 19.1 Å². The van der Waals surface area contributed by atoms with Gasteiger partial charge in [-0.05, 0) is 6.92 Å². The van der Waals surface area contributed by atoms with Gasteiger partial charge < -0.3 is 10.1 Å². The Morgan fingerprint density at radius 3 is 2.94 bits per heavy atom.